The molecule has 92 valence electrons. The van der Waals surface area contributed by atoms with Crippen molar-refractivity contribution in [2.45, 2.75) is 24.3 Å². The van der Waals surface area contributed by atoms with Crippen molar-refractivity contribution in [3.63, 3.8) is 0 Å². The number of nitriles is 1. The molecule has 0 amide bonds. The standard InChI is InChI=1S/C10H10F2N2O2S/c1-10(2,6-13)14-17(15,16)7-3-4-8(11)9(12)5-7/h3-5,14H,1-2H3. The van der Waals surface area contributed by atoms with E-state index in [2.05, 4.69) is 4.72 Å². The zero-order valence-electron chi connectivity index (χ0n) is 9.16. The predicted octanol–water partition coefficient (Wildman–Crippen LogP) is 1.55. The van der Waals surface area contributed by atoms with Crippen molar-refractivity contribution >= 4 is 10.0 Å². The van der Waals surface area contributed by atoms with Crippen LogP contribution in [0.1, 0.15) is 13.8 Å². The van der Waals surface area contributed by atoms with E-state index in [4.69, 9.17) is 5.26 Å². The van der Waals surface area contributed by atoms with Gasteiger partial charge in [-0.15, -0.1) is 0 Å². The van der Waals surface area contributed by atoms with Crippen molar-refractivity contribution in [1.82, 2.24) is 4.72 Å². The monoisotopic (exact) mass is 260 g/mol. The van der Waals surface area contributed by atoms with Crippen molar-refractivity contribution in [1.29, 1.82) is 5.26 Å². The first-order valence-electron chi connectivity index (χ1n) is 4.58. The minimum Gasteiger partial charge on any atom is -0.207 e. The van der Waals surface area contributed by atoms with Crippen molar-refractivity contribution in [3.05, 3.63) is 29.8 Å². The van der Waals surface area contributed by atoms with Crippen LogP contribution in [-0.2, 0) is 10.0 Å². The Morgan fingerprint density at radius 2 is 1.88 bits per heavy atom. The first-order chi connectivity index (χ1) is 7.68. The Labute approximate surface area is 97.9 Å². The second-order valence-electron chi connectivity index (χ2n) is 3.92. The molecule has 1 aromatic carbocycles. The van der Waals surface area contributed by atoms with Gasteiger partial charge in [0.2, 0.25) is 10.0 Å². The van der Waals surface area contributed by atoms with Gasteiger partial charge >= 0.3 is 0 Å². The summed E-state index contributed by atoms with van der Waals surface area (Å²) in [4.78, 5) is -0.431. The highest BCUT2D eigenvalue weighted by Crippen LogP contribution is 2.15. The van der Waals surface area contributed by atoms with Crippen LogP contribution in [0.5, 0.6) is 0 Å². The average Bonchev–Trinajstić information content (AvgIpc) is 2.20. The minimum absolute atomic E-state index is 0.431. The maximum Gasteiger partial charge on any atom is 0.242 e. The zero-order valence-corrected chi connectivity index (χ0v) is 9.98. The van der Waals surface area contributed by atoms with Crippen LogP contribution in [0.25, 0.3) is 0 Å². The molecular formula is C10H10F2N2O2S. The molecule has 0 radical (unpaired) electrons. The van der Waals surface area contributed by atoms with E-state index >= 15 is 0 Å². The van der Waals surface area contributed by atoms with Crippen LogP contribution in [0, 0.1) is 23.0 Å². The molecule has 7 heteroatoms. The van der Waals surface area contributed by atoms with Crippen LogP contribution >= 0.6 is 0 Å². The van der Waals surface area contributed by atoms with Gasteiger partial charge in [-0.2, -0.15) is 9.98 Å². The normalized spacial score (nSPS) is 12.2. The maximum absolute atomic E-state index is 12.9. The van der Waals surface area contributed by atoms with E-state index in [0.717, 1.165) is 6.07 Å². The first-order valence-corrected chi connectivity index (χ1v) is 6.06. The summed E-state index contributed by atoms with van der Waals surface area (Å²) < 4.78 is 51.0. The molecule has 0 aliphatic carbocycles. The van der Waals surface area contributed by atoms with Gasteiger partial charge in [0.1, 0.15) is 5.54 Å². The fraction of sp³-hybridized carbons (Fsp3) is 0.300. The molecule has 0 heterocycles. The number of hydrogen-bond acceptors (Lipinski definition) is 3. The lowest BCUT2D eigenvalue weighted by atomic mass is 10.1. The third kappa shape index (κ3) is 3.22. The molecule has 0 spiro atoms. The van der Waals surface area contributed by atoms with Crippen molar-refractivity contribution in [2.24, 2.45) is 0 Å². The average molecular weight is 260 g/mol. The number of benzene rings is 1. The summed E-state index contributed by atoms with van der Waals surface area (Å²) in [5.41, 5.74) is -1.33. The molecule has 17 heavy (non-hydrogen) atoms. The second-order valence-corrected chi connectivity index (χ2v) is 5.60. The highest BCUT2D eigenvalue weighted by Gasteiger charge is 2.26. The Kier molecular flexibility index (Phi) is 3.50. The molecule has 1 aromatic rings. The maximum atomic E-state index is 12.9. The second kappa shape index (κ2) is 4.39. The molecule has 1 rings (SSSR count). The molecule has 0 aliphatic rings. The lowest BCUT2D eigenvalue weighted by Gasteiger charge is -2.17. The summed E-state index contributed by atoms with van der Waals surface area (Å²) >= 11 is 0. The lowest BCUT2D eigenvalue weighted by Crippen LogP contribution is -2.41. The predicted molar refractivity (Wildman–Crippen MR) is 56.4 cm³/mol. The van der Waals surface area contributed by atoms with E-state index in [9.17, 15) is 17.2 Å². The molecule has 0 aliphatic heterocycles. The van der Waals surface area contributed by atoms with Gasteiger partial charge < -0.3 is 0 Å². The van der Waals surface area contributed by atoms with E-state index in [1.54, 1.807) is 6.07 Å². The summed E-state index contributed by atoms with van der Waals surface area (Å²) in [7, 11) is -4.05. The van der Waals surface area contributed by atoms with E-state index in [0.29, 0.717) is 12.1 Å². The van der Waals surface area contributed by atoms with Crippen molar-refractivity contribution < 1.29 is 17.2 Å². The molecule has 1 N–H and O–H groups in total. The fourth-order valence-electron chi connectivity index (χ4n) is 1.06. The number of rotatable bonds is 3. The topological polar surface area (TPSA) is 70.0 Å². The van der Waals surface area contributed by atoms with Crippen LogP contribution in [0.3, 0.4) is 0 Å². The SMILES string of the molecule is CC(C)(C#N)NS(=O)(=O)c1ccc(F)c(F)c1. The van der Waals surface area contributed by atoms with E-state index in [1.807, 2.05) is 0 Å². The van der Waals surface area contributed by atoms with Gasteiger partial charge in [-0.3, -0.25) is 0 Å². The number of hydrogen-bond donors (Lipinski definition) is 1. The Morgan fingerprint density at radius 1 is 1.29 bits per heavy atom. The number of nitrogens with zero attached hydrogens (tertiary/aromatic N) is 1. The van der Waals surface area contributed by atoms with Gasteiger partial charge in [0, 0.05) is 0 Å². The molecule has 0 atom stereocenters. The largest absolute Gasteiger partial charge is 0.242 e. The Hall–Kier alpha value is -1.52. The van der Waals surface area contributed by atoms with E-state index in [1.165, 1.54) is 13.8 Å². The van der Waals surface area contributed by atoms with Crippen molar-refractivity contribution in [2.75, 3.05) is 0 Å². The molecule has 4 nitrogen and oxygen atoms in total. The van der Waals surface area contributed by atoms with Gasteiger partial charge in [-0.25, -0.2) is 17.2 Å². The van der Waals surface area contributed by atoms with Gasteiger partial charge in [-0.1, -0.05) is 0 Å². The molecule has 0 unspecified atom stereocenters. The molecular weight excluding hydrogens is 250 g/mol. The Balaban J connectivity index is 3.16. The first kappa shape index (κ1) is 13.5. The van der Waals surface area contributed by atoms with Crippen LogP contribution in [0.4, 0.5) is 8.78 Å². The summed E-state index contributed by atoms with van der Waals surface area (Å²) in [6, 6.07) is 3.93. The van der Waals surface area contributed by atoms with E-state index in [-0.39, 0.29) is 0 Å². The third-order valence-corrected chi connectivity index (χ3v) is 3.52. The third-order valence-electron chi connectivity index (χ3n) is 1.87. The van der Waals surface area contributed by atoms with Gasteiger partial charge in [0.25, 0.3) is 0 Å². The van der Waals surface area contributed by atoms with Gasteiger partial charge in [0.15, 0.2) is 11.6 Å². The highest BCUT2D eigenvalue weighted by molar-refractivity contribution is 7.89. The van der Waals surface area contributed by atoms with Crippen LogP contribution in [-0.4, -0.2) is 14.0 Å². The number of nitrogens with one attached hydrogen (secondary N) is 1. The van der Waals surface area contributed by atoms with E-state index < -0.39 is 32.1 Å². The van der Waals surface area contributed by atoms with Gasteiger partial charge in [-0.05, 0) is 32.0 Å². The quantitative estimate of drug-likeness (QED) is 0.896. The summed E-state index contributed by atoms with van der Waals surface area (Å²) in [5, 5.41) is 8.69. The Morgan fingerprint density at radius 3 is 2.35 bits per heavy atom. The van der Waals surface area contributed by atoms with Crippen LogP contribution in [0.2, 0.25) is 0 Å². The summed E-state index contributed by atoms with van der Waals surface area (Å²) in [6.07, 6.45) is 0. The minimum atomic E-state index is -4.05. The number of sulfonamides is 1. The summed E-state index contributed by atoms with van der Waals surface area (Å²) in [6.45, 7) is 2.70. The molecule has 0 fully saturated rings. The highest BCUT2D eigenvalue weighted by atomic mass is 32.2. The summed E-state index contributed by atoms with van der Waals surface area (Å²) in [5.74, 6) is -2.40. The molecule has 0 saturated heterocycles. The number of halogens is 2. The molecule has 0 aromatic heterocycles. The van der Waals surface area contributed by atoms with Crippen molar-refractivity contribution in [3.8, 4) is 6.07 Å². The van der Waals surface area contributed by atoms with Crippen LogP contribution in [0.15, 0.2) is 23.1 Å². The van der Waals surface area contributed by atoms with Crippen LogP contribution < -0.4 is 4.72 Å². The molecule has 0 saturated carbocycles. The van der Waals surface area contributed by atoms with Gasteiger partial charge in [0.05, 0.1) is 11.0 Å². The smallest absolute Gasteiger partial charge is 0.207 e. The lowest BCUT2D eigenvalue weighted by molar-refractivity contribution is 0.502. The Bertz CT molecular complexity index is 576. The fourth-order valence-corrected chi connectivity index (χ4v) is 2.40. The zero-order chi connectivity index (χ0) is 13.3. The molecule has 0 bridgehead atoms.